The van der Waals surface area contributed by atoms with Crippen molar-refractivity contribution in [3.8, 4) is 55.6 Å². The van der Waals surface area contributed by atoms with E-state index in [4.69, 9.17) is 0 Å². The molecule has 2 heteroatoms. The van der Waals surface area contributed by atoms with Crippen LogP contribution < -0.4 is 0 Å². The summed E-state index contributed by atoms with van der Waals surface area (Å²) in [4.78, 5) is 0. The van der Waals surface area contributed by atoms with E-state index in [-0.39, 0.29) is 11.8 Å². The van der Waals surface area contributed by atoms with Gasteiger partial charge >= 0.3 is 0 Å². The summed E-state index contributed by atoms with van der Waals surface area (Å²) in [5, 5.41) is 16.1. The van der Waals surface area contributed by atoms with Gasteiger partial charge in [0.15, 0.2) is 0 Å². The van der Waals surface area contributed by atoms with Crippen molar-refractivity contribution >= 4 is 106 Å². The maximum absolute atomic E-state index is 2.71. The standard InChI is InChI=1S/C82H46S2/c1-7-31-65-49(17-1)50-18-2-8-32-66(50)81(65)70-42-46(48-24-14-28-58-54-21-6-12-36-74(54)84-80(48)58)38-40-60(70)78-62-30-16-26-56-63-43-71-77(61-29-15-25-55(75(61)63)64(76(56)62)44-72(78)81)59-22-4-10-34-68(59)82(71)67-33-9-3-19-51(67)52-39-37-45(41-69(52)82)47-23-13-27-57-53-20-5-11-35-73(53)83-79(47)57/h1-44,59,68H. The van der Waals surface area contributed by atoms with Crippen molar-refractivity contribution in [1.29, 1.82) is 0 Å². The van der Waals surface area contributed by atoms with E-state index >= 15 is 0 Å². The van der Waals surface area contributed by atoms with E-state index in [0.717, 1.165) is 0 Å². The van der Waals surface area contributed by atoms with E-state index in [0.29, 0.717) is 0 Å². The van der Waals surface area contributed by atoms with Crippen LogP contribution in [0.2, 0.25) is 0 Å². The number of hydrogen-bond acceptors (Lipinski definition) is 2. The van der Waals surface area contributed by atoms with Crippen LogP contribution in [0.1, 0.15) is 50.4 Å². The lowest BCUT2D eigenvalue weighted by molar-refractivity contribution is 0.466. The highest BCUT2D eigenvalue weighted by Gasteiger charge is 2.58. The second-order valence-electron chi connectivity index (χ2n) is 24.3. The molecule has 3 unspecified atom stereocenters. The summed E-state index contributed by atoms with van der Waals surface area (Å²) in [6, 6.07) is 94.6. The van der Waals surface area contributed by atoms with E-state index in [1.54, 1.807) is 0 Å². The minimum atomic E-state index is -0.543. The summed E-state index contributed by atoms with van der Waals surface area (Å²) in [5.74, 6) is 0.353. The van der Waals surface area contributed by atoms with Gasteiger partial charge in [0.1, 0.15) is 0 Å². The van der Waals surface area contributed by atoms with Crippen molar-refractivity contribution in [3.05, 3.63) is 311 Å². The number of rotatable bonds is 2. The normalized spacial score (nSPS) is 18.0. The molecule has 0 amide bonds. The first-order chi connectivity index (χ1) is 41.7. The molecule has 5 aliphatic carbocycles. The van der Waals surface area contributed by atoms with Gasteiger partial charge in [-0.2, -0.15) is 0 Å². The molecule has 0 saturated heterocycles. The Morgan fingerprint density at radius 3 is 1.42 bits per heavy atom. The second-order valence-corrected chi connectivity index (χ2v) is 26.4. The zero-order valence-corrected chi connectivity index (χ0v) is 47.0. The molecule has 0 N–H and O–H groups in total. The smallest absolute Gasteiger partial charge is 0.0726 e. The molecule has 0 fully saturated rings. The van der Waals surface area contributed by atoms with Gasteiger partial charge in [-0.25, -0.2) is 0 Å². The van der Waals surface area contributed by atoms with E-state index < -0.39 is 10.8 Å². The third-order valence-electron chi connectivity index (χ3n) is 20.9. The molecule has 5 aliphatic rings. The summed E-state index contributed by atoms with van der Waals surface area (Å²) < 4.78 is 5.37. The molecule has 0 bridgehead atoms. The second kappa shape index (κ2) is 15.7. The predicted molar refractivity (Wildman–Crippen MR) is 357 cm³/mol. The summed E-state index contributed by atoms with van der Waals surface area (Å²) in [5.41, 5.74) is 23.5. The van der Waals surface area contributed by atoms with Crippen molar-refractivity contribution in [2.24, 2.45) is 5.92 Å². The first-order valence-electron chi connectivity index (χ1n) is 29.6. The molecule has 84 heavy (non-hydrogen) atoms. The Balaban J connectivity index is 0.862. The fourth-order valence-corrected chi connectivity index (χ4v) is 20.4. The van der Waals surface area contributed by atoms with Crippen LogP contribution in [0.5, 0.6) is 0 Å². The van der Waals surface area contributed by atoms with Gasteiger partial charge in [-0.05, 0) is 180 Å². The largest absolute Gasteiger partial charge is 0.135 e. The minimum Gasteiger partial charge on any atom is -0.135 e. The van der Waals surface area contributed by atoms with E-state index in [2.05, 4.69) is 267 Å². The van der Waals surface area contributed by atoms with Crippen LogP contribution in [-0.4, -0.2) is 0 Å². The van der Waals surface area contributed by atoms with Crippen molar-refractivity contribution in [2.75, 3.05) is 0 Å². The highest BCUT2D eigenvalue weighted by molar-refractivity contribution is 7.26. The Hall–Kier alpha value is -9.70. The predicted octanol–water partition coefficient (Wildman–Crippen LogP) is 22.3. The van der Waals surface area contributed by atoms with Crippen molar-refractivity contribution in [2.45, 2.75) is 16.7 Å². The summed E-state index contributed by atoms with van der Waals surface area (Å²) >= 11 is 3.84. The zero-order chi connectivity index (χ0) is 54.3. The molecular weight excluding hydrogens is 1050 g/mol. The number of hydrogen-bond donors (Lipinski definition) is 0. The van der Waals surface area contributed by atoms with E-state index in [1.807, 2.05) is 22.7 Å². The molecular formula is C82H46S2. The van der Waals surface area contributed by atoms with Crippen LogP contribution in [0.25, 0.3) is 139 Å². The third kappa shape index (κ3) is 5.18. The van der Waals surface area contributed by atoms with Gasteiger partial charge in [-0.15, -0.1) is 22.7 Å². The SMILES string of the molecule is C1=CC2c3c(cc4c5cccc6c7c(cc(c8cccc3c84)c65)C3(c4ccccc4-c4ccccc43)c3cc(-c4cccc5c4sc4ccccc45)ccc3-7)C3(c4ccccc4-c4ccc(-c5cccc6c5sc5ccccc56)cc43)C2C=C1. The fourth-order valence-electron chi connectivity index (χ4n) is 17.9. The Bertz CT molecular complexity index is 5730. The van der Waals surface area contributed by atoms with Gasteiger partial charge in [0.25, 0.3) is 0 Å². The molecule has 16 aromatic rings. The van der Waals surface area contributed by atoms with Gasteiger partial charge in [-0.3, -0.25) is 0 Å². The van der Waals surface area contributed by atoms with Crippen LogP contribution in [-0.2, 0) is 10.8 Å². The molecule has 14 aromatic carbocycles. The van der Waals surface area contributed by atoms with Gasteiger partial charge in [0.05, 0.1) is 10.8 Å². The topological polar surface area (TPSA) is 0 Å². The molecule has 2 aromatic heterocycles. The highest BCUT2D eigenvalue weighted by atomic mass is 32.1. The quantitative estimate of drug-likeness (QED) is 0.120. The van der Waals surface area contributed by atoms with Crippen LogP contribution in [0.4, 0.5) is 0 Å². The molecule has 0 aliphatic heterocycles. The van der Waals surface area contributed by atoms with Gasteiger partial charge in [0.2, 0.25) is 0 Å². The lowest BCUT2D eigenvalue weighted by Crippen LogP contribution is -2.33. The Labute approximate surface area is 492 Å². The molecule has 2 spiro atoms. The average Bonchev–Trinajstić information content (AvgIpc) is 1.61. The highest BCUT2D eigenvalue weighted by Crippen LogP contribution is 2.69. The first kappa shape index (κ1) is 44.9. The zero-order valence-electron chi connectivity index (χ0n) is 45.4. The number of fused-ring (bicyclic) bond motifs is 30. The molecule has 0 nitrogen and oxygen atoms in total. The van der Waals surface area contributed by atoms with Crippen molar-refractivity contribution in [1.82, 2.24) is 0 Å². The van der Waals surface area contributed by atoms with Gasteiger partial charge in [0, 0.05) is 52.2 Å². The monoisotopic (exact) mass is 1090 g/mol. The Morgan fingerprint density at radius 2 is 0.750 bits per heavy atom. The van der Waals surface area contributed by atoms with Crippen LogP contribution in [0.3, 0.4) is 0 Å². The summed E-state index contributed by atoms with van der Waals surface area (Å²) in [6.45, 7) is 0. The maximum atomic E-state index is 2.71. The van der Waals surface area contributed by atoms with Crippen molar-refractivity contribution in [3.63, 3.8) is 0 Å². The molecule has 21 rings (SSSR count). The maximum Gasteiger partial charge on any atom is 0.0726 e. The lowest BCUT2D eigenvalue weighted by Gasteiger charge is -2.36. The summed E-state index contributed by atoms with van der Waals surface area (Å²) in [6.07, 6.45) is 9.75. The summed E-state index contributed by atoms with van der Waals surface area (Å²) in [7, 11) is 0. The molecule has 386 valence electrons. The van der Waals surface area contributed by atoms with Crippen LogP contribution >= 0.6 is 22.7 Å². The molecule has 0 radical (unpaired) electrons. The molecule has 3 atom stereocenters. The van der Waals surface area contributed by atoms with Crippen LogP contribution in [0, 0.1) is 5.92 Å². The fraction of sp³-hybridized carbons (Fsp3) is 0.0488. The molecule has 2 heterocycles. The van der Waals surface area contributed by atoms with E-state index in [9.17, 15) is 0 Å². The average molecular weight is 1100 g/mol. The number of benzene rings is 14. The Kier molecular flexibility index (Phi) is 8.38. The molecule has 0 saturated carbocycles. The number of thiophene rings is 2. The van der Waals surface area contributed by atoms with Gasteiger partial charge < -0.3 is 0 Å². The minimum absolute atomic E-state index is 0.176. The third-order valence-corrected chi connectivity index (χ3v) is 23.3. The van der Waals surface area contributed by atoms with Crippen molar-refractivity contribution < 1.29 is 0 Å². The Morgan fingerprint density at radius 1 is 0.286 bits per heavy atom. The van der Waals surface area contributed by atoms with E-state index in [1.165, 1.54) is 184 Å². The lowest BCUT2D eigenvalue weighted by atomic mass is 9.65. The van der Waals surface area contributed by atoms with Crippen LogP contribution in [0.15, 0.2) is 267 Å². The first-order valence-corrected chi connectivity index (χ1v) is 31.3. The number of allylic oxidation sites excluding steroid dienone is 4. The van der Waals surface area contributed by atoms with Gasteiger partial charge in [-0.1, -0.05) is 231 Å².